The Morgan fingerprint density at radius 3 is 1.42 bits per heavy atom. The third-order valence-corrected chi connectivity index (χ3v) is 0.891. The molecule has 66 valence electrons. The Kier molecular flexibility index (Phi) is 18.1. The van der Waals surface area contributed by atoms with E-state index in [1.54, 1.807) is 18.2 Å². The van der Waals surface area contributed by atoms with Gasteiger partial charge in [0.15, 0.2) is 0 Å². The van der Waals surface area contributed by atoms with E-state index in [0.29, 0.717) is 0 Å². The van der Waals surface area contributed by atoms with Crippen molar-refractivity contribution >= 4 is 0 Å². The van der Waals surface area contributed by atoms with Crippen LogP contribution >= 0.6 is 0 Å². The lowest BCUT2D eigenvalue weighted by atomic mass is 10.4. The van der Waals surface area contributed by atoms with E-state index in [1.807, 2.05) is 18.2 Å². The van der Waals surface area contributed by atoms with Gasteiger partial charge >= 0.3 is 0 Å². The van der Waals surface area contributed by atoms with Crippen molar-refractivity contribution < 1.29 is 0 Å². The maximum absolute atomic E-state index is 3.51. The minimum absolute atomic E-state index is 1.10. The Bertz CT molecular complexity index is 149. The Balaban J connectivity index is 0. The number of allylic oxidation sites excluding steroid dienone is 7. The van der Waals surface area contributed by atoms with Crippen LogP contribution in [0.1, 0.15) is 13.3 Å². The zero-order valence-corrected chi connectivity index (χ0v) is 7.87. The molecule has 0 nitrogen and oxygen atoms in total. The van der Waals surface area contributed by atoms with Crippen molar-refractivity contribution in [1.82, 2.24) is 0 Å². The lowest BCUT2D eigenvalue weighted by Gasteiger charge is -1.67. The molecule has 0 unspecified atom stereocenters. The second-order valence-corrected chi connectivity index (χ2v) is 1.93. The molecule has 0 spiro atoms. The molecule has 0 N–H and O–H groups in total. The van der Waals surface area contributed by atoms with Gasteiger partial charge in [-0.2, -0.15) is 0 Å². The van der Waals surface area contributed by atoms with E-state index < -0.39 is 0 Å². The largest absolute Gasteiger partial charge is 0.0991 e. The minimum Gasteiger partial charge on any atom is -0.0991 e. The highest BCUT2D eigenvalue weighted by Gasteiger charge is 1.55. The highest BCUT2D eigenvalue weighted by molar-refractivity contribution is 5.05. The predicted molar refractivity (Wildman–Crippen MR) is 59.2 cm³/mol. The average Bonchev–Trinajstić information content (AvgIpc) is 2.12. The third-order valence-electron chi connectivity index (χ3n) is 0.891. The van der Waals surface area contributed by atoms with E-state index in [-0.39, 0.29) is 0 Å². The molecule has 0 saturated carbocycles. The fourth-order valence-corrected chi connectivity index (χ4v) is 0.389. The Hall–Kier alpha value is -1.30. The molecule has 0 rings (SSSR count). The van der Waals surface area contributed by atoms with E-state index in [4.69, 9.17) is 0 Å². The van der Waals surface area contributed by atoms with Crippen LogP contribution in [0, 0.1) is 0 Å². The van der Waals surface area contributed by atoms with Gasteiger partial charge in [0.05, 0.1) is 0 Å². The summed E-state index contributed by atoms with van der Waals surface area (Å²) in [5, 5.41) is 0. The van der Waals surface area contributed by atoms with E-state index in [9.17, 15) is 0 Å². The molecule has 0 saturated heterocycles. The smallest absolute Gasteiger partial charge is 0.0376 e. The topological polar surface area (TPSA) is 0 Å². The van der Waals surface area contributed by atoms with Crippen LogP contribution in [0.5, 0.6) is 0 Å². The van der Waals surface area contributed by atoms with Gasteiger partial charge in [0.25, 0.3) is 0 Å². The van der Waals surface area contributed by atoms with Gasteiger partial charge in [0.2, 0.25) is 0 Å². The summed E-state index contributed by atoms with van der Waals surface area (Å²) in [5.41, 5.74) is 0. The molecule has 0 heteroatoms. The molecule has 0 amide bonds. The van der Waals surface area contributed by atoms with E-state index in [1.165, 1.54) is 0 Å². The Morgan fingerprint density at radius 2 is 1.25 bits per heavy atom. The van der Waals surface area contributed by atoms with Crippen LogP contribution in [0.25, 0.3) is 0 Å². The van der Waals surface area contributed by atoms with Crippen molar-refractivity contribution in [3.8, 4) is 0 Å². The predicted octanol–water partition coefficient (Wildman–Crippen LogP) is 4.05. The number of hydrogen-bond acceptors (Lipinski definition) is 0. The number of rotatable bonds is 4. The fourth-order valence-electron chi connectivity index (χ4n) is 0.389. The van der Waals surface area contributed by atoms with Crippen LogP contribution in [-0.2, 0) is 0 Å². The van der Waals surface area contributed by atoms with Crippen molar-refractivity contribution in [3.63, 3.8) is 0 Å². The summed E-state index contributed by atoms with van der Waals surface area (Å²) < 4.78 is 0. The van der Waals surface area contributed by atoms with E-state index in [0.717, 1.165) is 6.42 Å². The van der Waals surface area contributed by atoms with Gasteiger partial charge < -0.3 is 0 Å². The number of hydrogen-bond donors (Lipinski definition) is 0. The summed E-state index contributed by atoms with van der Waals surface area (Å²) in [4.78, 5) is 0. The second kappa shape index (κ2) is 16.4. The van der Waals surface area contributed by atoms with Crippen molar-refractivity contribution in [2.75, 3.05) is 0 Å². The summed E-state index contributed by atoms with van der Waals surface area (Å²) >= 11 is 0. The standard InChI is InChI=1S/C6H10.C6H8/c2*1-3-5-6-4-2/h3,5-6H,1,4H2,2H3;3-6H,1-2H2. The zero-order chi connectivity index (χ0) is 9.66. The second-order valence-electron chi connectivity index (χ2n) is 1.93. The van der Waals surface area contributed by atoms with Gasteiger partial charge in [-0.25, -0.2) is 0 Å². The first-order valence-corrected chi connectivity index (χ1v) is 4.01. The van der Waals surface area contributed by atoms with Gasteiger partial charge in [-0.1, -0.05) is 69.2 Å². The van der Waals surface area contributed by atoms with Gasteiger partial charge in [-0.15, -0.1) is 0 Å². The maximum Gasteiger partial charge on any atom is -0.0376 e. The molecule has 0 radical (unpaired) electrons. The fraction of sp³-hybridized carbons (Fsp3) is 0.167. The van der Waals surface area contributed by atoms with Crippen LogP contribution in [0.15, 0.2) is 62.3 Å². The molecule has 0 aliphatic rings. The summed E-state index contributed by atoms with van der Waals surface area (Å²) in [6.07, 6.45) is 14.0. The lowest BCUT2D eigenvalue weighted by molar-refractivity contribution is 1.22. The van der Waals surface area contributed by atoms with Crippen LogP contribution in [-0.4, -0.2) is 0 Å². The maximum atomic E-state index is 3.51. The molecule has 0 atom stereocenters. The highest BCUT2D eigenvalue weighted by Crippen LogP contribution is 1.76. The van der Waals surface area contributed by atoms with Crippen molar-refractivity contribution in [2.24, 2.45) is 0 Å². The molecule has 0 aliphatic heterocycles. The van der Waals surface area contributed by atoms with Crippen molar-refractivity contribution in [3.05, 3.63) is 62.3 Å². The Labute approximate surface area is 76.3 Å². The zero-order valence-electron chi connectivity index (χ0n) is 7.87. The SMILES string of the molecule is C=CC=CC=C.C=CC=CCC. The first-order chi connectivity index (χ1) is 5.83. The lowest BCUT2D eigenvalue weighted by Crippen LogP contribution is -1.46. The molecule has 0 fully saturated rings. The summed E-state index contributed by atoms with van der Waals surface area (Å²) in [6, 6.07) is 0. The van der Waals surface area contributed by atoms with E-state index >= 15 is 0 Å². The van der Waals surface area contributed by atoms with Gasteiger partial charge in [-0.05, 0) is 6.42 Å². The molecule has 0 aromatic rings. The summed E-state index contributed by atoms with van der Waals surface area (Å²) in [5.74, 6) is 0. The van der Waals surface area contributed by atoms with Gasteiger partial charge in [-0.3, -0.25) is 0 Å². The van der Waals surface area contributed by atoms with Crippen LogP contribution < -0.4 is 0 Å². The summed E-state index contributed by atoms with van der Waals surface area (Å²) in [7, 11) is 0. The molecule has 12 heavy (non-hydrogen) atoms. The van der Waals surface area contributed by atoms with Crippen molar-refractivity contribution in [1.29, 1.82) is 0 Å². The molecule has 0 heterocycles. The first kappa shape index (κ1) is 13.3. The molecule has 0 aliphatic carbocycles. The molecular weight excluding hydrogens is 144 g/mol. The molecule has 0 aromatic heterocycles. The van der Waals surface area contributed by atoms with Crippen LogP contribution in [0.3, 0.4) is 0 Å². The normalized spacial score (nSPS) is 9.08. The highest BCUT2D eigenvalue weighted by atomic mass is 13.6. The Morgan fingerprint density at radius 1 is 0.833 bits per heavy atom. The molecule has 0 bridgehead atoms. The van der Waals surface area contributed by atoms with E-state index in [2.05, 4.69) is 32.7 Å². The summed E-state index contributed by atoms with van der Waals surface area (Å²) in [6.45, 7) is 12.5. The van der Waals surface area contributed by atoms with Gasteiger partial charge in [0.1, 0.15) is 0 Å². The van der Waals surface area contributed by atoms with Crippen LogP contribution in [0.4, 0.5) is 0 Å². The molecular formula is C12H18. The average molecular weight is 162 g/mol. The quantitative estimate of drug-likeness (QED) is 0.547. The monoisotopic (exact) mass is 162 g/mol. The van der Waals surface area contributed by atoms with Crippen molar-refractivity contribution in [2.45, 2.75) is 13.3 Å². The van der Waals surface area contributed by atoms with Gasteiger partial charge in [0, 0.05) is 0 Å². The third kappa shape index (κ3) is 23.4. The molecule has 0 aromatic carbocycles. The first-order valence-electron chi connectivity index (χ1n) is 4.01. The van der Waals surface area contributed by atoms with Crippen LogP contribution in [0.2, 0.25) is 0 Å². The minimum atomic E-state index is 1.10.